The van der Waals surface area contributed by atoms with Crippen molar-refractivity contribution >= 4 is 0 Å². The third-order valence-corrected chi connectivity index (χ3v) is 3.45. The Balaban J connectivity index is 5.90. The maximum atomic E-state index is 13.4. The van der Waals surface area contributed by atoms with Crippen molar-refractivity contribution in [2.24, 2.45) is 0 Å². The quantitative estimate of drug-likeness (QED) is 0.268. The van der Waals surface area contributed by atoms with E-state index in [4.69, 9.17) is 5.11 Å². The number of unbranched alkanes of at least 4 members (excludes halogenated alkanes) is 2. The van der Waals surface area contributed by atoms with Crippen molar-refractivity contribution in [3.8, 4) is 0 Å². The smallest absolute Gasteiger partial charge is 0.384 e. The molecule has 0 fully saturated rings. The summed E-state index contributed by atoms with van der Waals surface area (Å²) in [5, 5.41) is 7.94. The fraction of sp³-hybridized carbons (Fsp3) is 0.846. The fourth-order valence-electron chi connectivity index (χ4n) is 1.75. The number of rotatable bonds is 11. The van der Waals surface area contributed by atoms with E-state index in [-0.39, 0.29) is 12.8 Å². The molecule has 0 bridgehead atoms. The largest absolute Gasteiger partial charge is 0.390 e. The minimum absolute atomic E-state index is 0.0189. The highest BCUT2D eigenvalue weighted by atomic mass is 19.4. The molecule has 0 amide bonds. The number of hydrogen-bond acceptors (Lipinski definition) is 1. The molecule has 0 rings (SSSR count). The summed E-state index contributed by atoms with van der Waals surface area (Å²) >= 11 is 0. The summed E-state index contributed by atoms with van der Waals surface area (Å²) in [6.45, 7) is 0.0276. The van der Waals surface area contributed by atoms with Crippen LogP contribution in [0, 0.1) is 0 Å². The Labute approximate surface area is 139 Å². The predicted molar refractivity (Wildman–Crippen MR) is 65.4 cm³/mol. The van der Waals surface area contributed by atoms with E-state index in [1.165, 1.54) is 0 Å². The van der Waals surface area contributed by atoms with Gasteiger partial charge in [0.1, 0.15) is 6.61 Å². The zero-order valence-electron chi connectivity index (χ0n) is 12.8. The van der Waals surface area contributed by atoms with Crippen LogP contribution in [0.25, 0.3) is 0 Å². The van der Waals surface area contributed by atoms with Crippen LogP contribution in [0.2, 0.25) is 0 Å². The number of aliphatic hydroxyl groups excluding tert-OH is 1. The number of hydrogen-bond donors (Lipinski definition) is 1. The van der Waals surface area contributed by atoms with Crippen LogP contribution in [0.1, 0.15) is 25.7 Å². The number of aliphatic hydroxyl groups is 1. The average Bonchev–Trinajstić information content (AvgIpc) is 2.50. The minimum atomic E-state index is -7.61. The first kappa shape index (κ1) is 24.9. The zero-order chi connectivity index (χ0) is 21.2. The molecule has 0 heterocycles. The van der Waals surface area contributed by atoms with E-state index in [1.807, 2.05) is 0 Å². The van der Waals surface area contributed by atoms with Crippen molar-refractivity contribution in [1.29, 1.82) is 0 Å². The van der Waals surface area contributed by atoms with Gasteiger partial charge in [0.05, 0.1) is 0 Å². The Bertz CT molecular complexity index is 486. The third-order valence-electron chi connectivity index (χ3n) is 3.45. The second-order valence-electron chi connectivity index (χ2n) is 5.40. The summed E-state index contributed by atoms with van der Waals surface area (Å²) in [7, 11) is 0. The number of halogens is 12. The molecular formula is C13H14F12O. The Morgan fingerprint density at radius 2 is 1.00 bits per heavy atom. The molecular weight excluding hydrogens is 400 g/mol. The average molecular weight is 414 g/mol. The molecule has 0 atom stereocenters. The lowest BCUT2D eigenvalue weighted by atomic mass is 9.90. The Morgan fingerprint density at radius 1 is 0.615 bits per heavy atom. The summed E-state index contributed by atoms with van der Waals surface area (Å²) in [5.41, 5.74) is 0. The Hall–Kier alpha value is -1.14. The van der Waals surface area contributed by atoms with E-state index in [2.05, 4.69) is 6.58 Å². The molecule has 0 aliphatic carbocycles. The molecule has 0 unspecified atom stereocenters. The zero-order valence-corrected chi connectivity index (χ0v) is 12.8. The summed E-state index contributed by atoms with van der Waals surface area (Å²) in [4.78, 5) is 0. The lowest BCUT2D eigenvalue weighted by molar-refractivity contribution is -0.427. The highest BCUT2D eigenvalue weighted by molar-refractivity contribution is 5.11. The highest BCUT2D eigenvalue weighted by Crippen LogP contribution is 2.60. The van der Waals surface area contributed by atoms with Crippen molar-refractivity contribution in [2.45, 2.75) is 61.2 Å². The monoisotopic (exact) mass is 414 g/mol. The van der Waals surface area contributed by atoms with Crippen LogP contribution in [0.5, 0.6) is 0 Å². The molecule has 156 valence electrons. The summed E-state index contributed by atoms with van der Waals surface area (Å²) < 4.78 is 158. The van der Waals surface area contributed by atoms with Crippen LogP contribution in [0.15, 0.2) is 12.7 Å². The molecule has 0 aliphatic rings. The van der Waals surface area contributed by atoms with Crippen LogP contribution in [0.3, 0.4) is 0 Å². The summed E-state index contributed by atoms with van der Waals surface area (Å²) in [6, 6.07) is 0. The van der Waals surface area contributed by atoms with Gasteiger partial charge in [-0.1, -0.05) is 6.08 Å². The van der Waals surface area contributed by atoms with Crippen molar-refractivity contribution in [2.75, 3.05) is 6.61 Å². The molecule has 0 aromatic heterocycles. The van der Waals surface area contributed by atoms with Gasteiger partial charge in [0.25, 0.3) is 0 Å². The van der Waals surface area contributed by atoms with E-state index in [0.717, 1.165) is 6.08 Å². The molecule has 1 N–H and O–H groups in total. The Kier molecular flexibility index (Phi) is 7.14. The third kappa shape index (κ3) is 3.77. The van der Waals surface area contributed by atoms with Gasteiger partial charge >= 0.3 is 35.5 Å². The van der Waals surface area contributed by atoms with Crippen molar-refractivity contribution in [1.82, 2.24) is 0 Å². The molecule has 0 saturated carbocycles. The van der Waals surface area contributed by atoms with E-state index in [0.29, 0.717) is 0 Å². The summed E-state index contributed by atoms with van der Waals surface area (Å²) in [6.07, 6.45) is -2.14. The SMILES string of the molecule is C=CCCCCC(F)(F)C(F)(F)C(F)(F)C(F)(F)C(F)(F)C(F)(F)CO. The first-order chi connectivity index (χ1) is 11.4. The van der Waals surface area contributed by atoms with Crippen LogP contribution in [0.4, 0.5) is 52.7 Å². The second-order valence-corrected chi connectivity index (χ2v) is 5.40. The van der Waals surface area contributed by atoms with Gasteiger partial charge in [0.15, 0.2) is 0 Å². The number of allylic oxidation sites excluding steroid dienone is 1. The van der Waals surface area contributed by atoms with Crippen LogP contribution in [-0.4, -0.2) is 47.2 Å². The molecule has 0 spiro atoms. The molecule has 0 aliphatic heterocycles. The number of alkyl halides is 12. The van der Waals surface area contributed by atoms with Crippen LogP contribution < -0.4 is 0 Å². The molecule has 0 saturated heterocycles. The van der Waals surface area contributed by atoms with Crippen molar-refractivity contribution < 1.29 is 57.8 Å². The molecule has 0 aromatic carbocycles. The van der Waals surface area contributed by atoms with Gasteiger partial charge in [-0.05, 0) is 19.3 Å². The van der Waals surface area contributed by atoms with Gasteiger partial charge in [-0.2, -0.15) is 52.7 Å². The van der Waals surface area contributed by atoms with Gasteiger partial charge < -0.3 is 5.11 Å². The van der Waals surface area contributed by atoms with Gasteiger partial charge in [-0.15, -0.1) is 6.58 Å². The molecule has 13 heteroatoms. The second kappa shape index (κ2) is 7.47. The van der Waals surface area contributed by atoms with E-state index in [1.54, 1.807) is 0 Å². The molecule has 0 aromatic rings. The predicted octanol–water partition coefficient (Wildman–Crippen LogP) is 5.54. The van der Waals surface area contributed by atoms with Crippen molar-refractivity contribution in [3.05, 3.63) is 12.7 Å². The van der Waals surface area contributed by atoms with E-state index in [9.17, 15) is 52.7 Å². The first-order valence-electron chi connectivity index (χ1n) is 6.86. The van der Waals surface area contributed by atoms with E-state index >= 15 is 0 Å². The van der Waals surface area contributed by atoms with Gasteiger partial charge in [-0.3, -0.25) is 0 Å². The van der Waals surface area contributed by atoms with Crippen LogP contribution in [-0.2, 0) is 0 Å². The van der Waals surface area contributed by atoms with Gasteiger partial charge in [0, 0.05) is 6.42 Å². The van der Waals surface area contributed by atoms with Crippen LogP contribution >= 0.6 is 0 Å². The molecule has 1 nitrogen and oxygen atoms in total. The van der Waals surface area contributed by atoms with E-state index < -0.39 is 55.0 Å². The maximum Gasteiger partial charge on any atom is 0.384 e. The Morgan fingerprint density at radius 3 is 1.35 bits per heavy atom. The topological polar surface area (TPSA) is 20.2 Å². The minimum Gasteiger partial charge on any atom is -0.390 e. The highest BCUT2D eigenvalue weighted by Gasteiger charge is 2.89. The summed E-state index contributed by atoms with van der Waals surface area (Å²) in [5.74, 6) is -41.7. The lowest BCUT2D eigenvalue weighted by Crippen LogP contribution is -2.71. The fourth-order valence-corrected chi connectivity index (χ4v) is 1.75. The van der Waals surface area contributed by atoms with Crippen molar-refractivity contribution in [3.63, 3.8) is 0 Å². The molecule has 0 radical (unpaired) electrons. The maximum absolute atomic E-state index is 13.4. The van der Waals surface area contributed by atoms with Gasteiger partial charge in [-0.25, -0.2) is 0 Å². The standard InChI is InChI=1S/C13H14F12O/c1-2-3-4-5-6-8(14,15)10(18,19)12(22,23)13(24,25)11(20,21)9(16,17)7-26/h2,26H,1,3-7H2. The van der Waals surface area contributed by atoms with Gasteiger partial charge in [0.2, 0.25) is 0 Å². The normalized spacial score (nSPS) is 15.3. The lowest BCUT2D eigenvalue weighted by Gasteiger charge is -2.41. The molecule has 26 heavy (non-hydrogen) atoms. The first-order valence-corrected chi connectivity index (χ1v) is 6.86.